The molecule has 4 rings (SSSR count). The summed E-state index contributed by atoms with van der Waals surface area (Å²) in [5.74, 6) is -2.69. The van der Waals surface area contributed by atoms with E-state index in [4.69, 9.17) is 19.9 Å². The zero-order chi connectivity index (χ0) is 31.4. The van der Waals surface area contributed by atoms with E-state index in [2.05, 4.69) is 0 Å². The summed E-state index contributed by atoms with van der Waals surface area (Å²) in [6, 6.07) is 12.2. The number of nitro benzene ring substituents is 1. The average molecular weight is 627 g/mol. The molecule has 43 heavy (non-hydrogen) atoms. The predicted molar refractivity (Wildman–Crippen MR) is 147 cm³/mol. The molecule has 2 amide bonds. The Hall–Kier alpha value is -4.05. The number of thioether (sulfide) groups is 1. The Morgan fingerprint density at radius 3 is 2.26 bits per heavy atom. The molecule has 0 spiro atoms. The Labute approximate surface area is 248 Å². The Morgan fingerprint density at radius 1 is 1.07 bits per heavy atom. The van der Waals surface area contributed by atoms with E-state index in [0.717, 1.165) is 10.5 Å². The van der Waals surface area contributed by atoms with Crippen LogP contribution in [0.4, 0.5) is 23.7 Å². The standard InChI is InChI=1S/C27H29F3N4O8S/c1-40-21-8-4-18(5-9-21)16-43-22-10-26(42-24(36)27(28,29)30,23(35)32-12-19(11-31)13-32)33(14-22)25(37)41-15-17-2-6-20(7-3-17)34(38)39/h2-9,19,22H,10-16,31H2,1H3/t22-,26-/m0/s1. The number of halogens is 3. The van der Waals surface area contributed by atoms with Crippen molar-refractivity contribution in [3.63, 3.8) is 0 Å². The topological polar surface area (TPSA) is 155 Å². The lowest BCUT2D eigenvalue weighted by atomic mass is 9.97. The van der Waals surface area contributed by atoms with Gasteiger partial charge in [0.05, 0.1) is 12.0 Å². The summed E-state index contributed by atoms with van der Waals surface area (Å²) in [6.45, 7) is -0.190. The molecule has 0 saturated carbocycles. The van der Waals surface area contributed by atoms with Crippen molar-refractivity contribution in [1.82, 2.24) is 9.80 Å². The van der Waals surface area contributed by atoms with Crippen LogP contribution in [-0.2, 0) is 31.4 Å². The number of nitro groups is 1. The molecule has 2 fully saturated rings. The maximum absolute atomic E-state index is 13.8. The number of amides is 2. The minimum atomic E-state index is -5.44. The predicted octanol–water partition coefficient (Wildman–Crippen LogP) is 3.47. The fourth-order valence-electron chi connectivity index (χ4n) is 4.73. The number of hydrogen-bond donors (Lipinski definition) is 1. The lowest BCUT2D eigenvalue weighted by Crippen LogP contribution is -2.66. The minimum Gasteiger partial charge on any atom is -0.497 e. The smallest absolute Gasteiger partial charge is 0.491 e. The normalized spacial score (nSPS) is 20.3. The fraction of sp³-hybridized carbons (Fsp3) is 0.444. The number of nitrogens with zero attached hydrogens (tertiary/aromatic N) is 3. The molecule has 2 aromatic rings. The number of carbonyl (C=O) groups excluding carboxylic acids is 3. The Bertz CT molecular complexity index is 1340. The first-order chi connectivity index (χ1) is 20.4. The zero-order valence-electron chi connectivity index (χ0n) is 23.0. The van der Waals surface area contributed by atoms with E-state index in [0.29, 0.717) is 17.1 Å². The summed E-state index contributed by atoms with van der Waals surface area (Å²) < 4.78 is 55.8. The average Bonchev–Trinajstić information content (AvgIpc) is 3.33. The van der Waals surface area contributed by atoms with Crippen molar-refractivity contribution in [2.45, 2.75) is 35.9 Å². The van der Waals surface area contributed by atoms with E-state index < -0.39 is 53.1 Å². The lowest BCUT2D eigenvalue weighted by molar-refractivity contribution is -0.384. The molecule has 2 N–H and O–H groups in total. The third-order valence-corrected chi connectivity index (χ3v) is 8.39. The molecule has 2 heterocycles. The number of benzene rings is 2. The van der Waals surface area contributed by atoms with Crippen LogP contribution in [0.5, 0.6) is 5.75 Å². The number of carbonyl (C=O) groups is 3. The SMILES string of the molecule is COc1ccc(CS[C@@H]2CN(C(=O)OCc3ccc([N+](=O)[O-])cc3)[C@@](OC(=O)C(F)(F)F)(C(=O)N3CC(CN)C3)C2)cc1. The van der Waals surface area contributed by atoms with Crippen LogP contribution in [0.15, 0.2) is 48.5 Å². The molecule has 2 saturated heterocycles. The lowest BCUT2D eigenvalue weighted by Gasteiger charge is -2.45. The molecule has 0 unspecified atom stereocenters. The van der Waals surface area contributed by atoms with Crippen molar-refractivity contribution in [1.29, 1.82) is 0 Å². The third-order valence-electron chi connectivity index (χ3n) is 7.11. The highest BCUT2D eigenvalue weighted by Crippen LogP contribution is 2.42. The number of rotatable bonds is 10. The van der Waals surface area contributed by atoms with Gasteiger partial charge in [0.25, 0.3) is 17.3 Å². The first-order valence-electron chi connectivity index (χ1n) is 13.1. The summed E-state index contributed by atoms with van der Waals surface area (Å²) in [6.07, 6.45) is -7.04. The number of likely N-dealkylation sites (tertiary alicyclic amines) is 2. The molecule has 2 aliphatic rings. The summed E-state index contributed by atoms with van der Waals surface area (Å²) in [5, 5.41) is 10.3. The summed E-state index contributed by atoms with van der Waals surface area (Å²) in [5.41, 5.74) is 4.04. The zero-order valence-corrected chi connectivity index (χ0v) is 23.8. The monoisotopic (exact) mass is 626 g/mol. The molecule has 16 heteroatoms. The van der Waals surface area contributed by atoms with E-state index in [-0.39, 0.29) is 37.8 Å². The van der Waals surface area contributed by atoms with Crippen LogP contribution in [0.3, 0.4) is 0 Å². The number of non-ortho nitro benzene ring substituents is 1. The van der Waals surface area contributed by atoms with Crippen molar-refractivity contribution in [3.05, 3.63) is 69.8 Å². The molecule has 0 radical (unpaired) electrons. The van der Waals surface area contributed by atoms with Gasteiger partial charge in [-0.2, -0.15) is 24.9 Å². The molecule has 2 atom stereocenters. The Kier molecular flexibility index (Phi) is 9.69. The first kappa shape index (κ1) is 31.9. The quantitative estimate of drug-likeness (QED) is 0.236. The van der Waals surface area contributed by atoms with E-state index in [1.54, 1.807) is 24.3 Å². The fourth-order valence-corrected chi connectivity index (χ4v) is 5.95. The van der Waals surface area contributed by atoms with Gasteiger partial charge in [-0.15, -0.1) is 0 Å². The van der Waals surface area contributed by atoms with Gasteiger partial charge >= 0.3 is 18.2 Å². The maximum atomic E-state index is 13.8. The molecule has 12 nitrogen and oxygen atoms in total. The molecule has 0 bridgehead atoms. The van der Waals surface area contributed by atoms with E-state index in [9.17, 15) is 37.7 Å². The maximum Gasteiger partial charge on any atom is 0.491 e. The molecular weight excluding hydrogens is 597 g/mol. The number of hydrogen-bond acceptors (Lipinski definition) is 10. The highest BCUT2D eigenvalue weighted by molar-refractivity contribution is 7.99. The van der Waals surface area contributed by atoms with Gasteiger partial charge in [0.1, 0.15) is 12.4 Å². The highest BCUT2D eigenvalue weighted by Gasteiger charge is 2.62. The molecule has 2 aliphatic heterocycles. The molecule has 2 aromatic carbocycles. The largest absolute Gasteiger partial charge is 0.497 e. The molecule has 232 valence electrons. The molecule has 0 aliphatic carbocycles. The van der Waals surface area contributed by atoms with Gasteiger partial charge in [-0.25, -0.2) is 9.59 Å². The van der Waals surface area contributed by atoms with E-state index >= 15 is 0 Å². The van der Waals surface area contributed by atoms with Crippen LogP contribution in [-0.4, -0.2) is 83.1 Å². The van der Waals surface area contributed by atoms with Gasteiger partial charge in [-0.3, -0.25) is 19.8 Å². The second-order valence-corrected chi connectivity index (χ2v) is 11.3. The minimum absolute atomic E-state index is 0.0940. The van der Waals surface area contributed by atoms with E-state index in [1.807, 2.05) is 0 Å². The summed E-state index contributed by atoms with van der Waals surface area (Å²) in [7, 11) is 1.52. The van der Waals surface area contributed by atoms with Crippen LogP contribution < -0.4 is 10.5 Å². The number of alkyl halides is 3. The number of esters is 1. The van der Waals surface area contributed by atoms with Gasteiger partial charge in [0.15, 0.2) is 0 Å². The molecular formula is C27H29F3N4O8S. The highest BCUT2D eigenvalue weighted by atomic mass is 32.2. The van der Waals surface area contributed by atoms with Crippen molar-refractivity contribution < 1.29 is 46.7 Å². The van der Waals surface area contributed by atoms with Crippen LogP contribution in [0, 0.1) is 16.0 Å². The van der Waals surface area contributed by atoms with Crippen molar-refractivity contribution in [3.8, 4) is 5.75 Å². The van der Waals surface area contributed by atoms with Crippen molar-refractivity contribution >= 4 is 35.4 Å². The van der Waals surface area contributed by atoms with E-state index in [1.165, 1.54) is 48.0 Å². The Balaban J connectivity index is 1.60. The third kappa shape index (κ3) is 7.30. The van der Waals surface area contributed by atoms with Gasteiger partial charge in [-0.1, -0.05) is 12.1 Å². The van der Waals surface area contributed by atoms with Crippen LogP contribution in [0.1, 0.15) is 17.5 Å². The number of methoxy groups -OCH3 is 1. The van der Waals surface area contributed by atoms with Crippen molar-refractivity contribution in [2.75, 3.05) is 33.3 Å². The second-order valence-electron chi connectivity index (χ2n) is 10.1. The van der Waals surface area contributed by atoms with Crippen molar-refractivity contribution in [2.24, 2.45) is 11.7 Å². The first-order valence-corrected chi connectivity index (χ1v) is 14.1. The van der Waals surface area contributed by atoms with Crippen LogP contribution >= 0.6 is 11.8 Å². The van der Waals surface area contributed by atoms with Crippen LogP contribution in [0.25, 0.3) is 0 Å². The van der Waals surface area contributed by atoms with Gasteiger partial charge in [0.2, 0.25) is 0 Å². The van der Waals surface area contributed by atoms with Gasteiger partial charge < -0.3 is 24.8 Å². The van der Waals surface area contributed by atoms with Crippen LogP contribution in [0.2, 0.25) is 0 Å². The second kappa shape index (κ2) is 13.1. The number of ether oxygens (including phenoxy) is 3. The Morgan fingerprint density at radius 2 is 1.70 bits per heavy atom. The molecule has 0 aromatic heterocycles. The summed E-state index contributed by atoms with van der Waals surface area (Å²) >= 11 is 1.27. The summed E-state index contributed by atoms with van der Waals surface area (Å²) in [4.78, 5) is 51.6. The van der Waals surface area contributed by atoms with Gasteiger partial charge in [0, 0.05) is 55.1 Å². The van der Waals surface area contributed by atoms with Gasteiger partial charge in [-0.05, 0) is 41.9 Å². The number of nitrogens with two attached hydrogens (primary N) is 1.